The number of unbranched alkanes of at least 4 members (excludes halogenated alkanes) is 5. The molecule has 0 atom stereocenters. The van der Waals surface area contributed by atoms with E-state index in [9.17, 15) is 4.79 Å². The molecule has 4 aliphatic rings. The lowest BCUT2D eigenvalue weighted by atomic mass is 9.53. The van der Waals surface area contributed by atoms with Crippen molar-refractivity contribution in [1.29, 1.82) is 0 Å². The highest BCUT2D eigenvalue weighted by Gasteiger charge is 2.51. The number of hydrazone groups is 1. The van der Waals surface area contributed by atoms with E-state index in [1.165, 1.54) is 51.4 Å². The molecule has 4 fully saturated rings. The third-order valence-corrected chi connectivity index (χ3v) is 7.44. The van der Waals surface area contributed by atoms with E-state index >= 15 is 0 Å². The van der Waals surface area contributed by atoms with Crippen LogP contribution in [0, 0.1) is 17.8 Å². The highest BCUT2D eigenvalue weighted by molar-refractivity contribution is 5.82. The van der Waals surface area contributed by atoms with Crippen LogP contribution in [0.1, 0.15) is 89.5 Å². The van der Waals surface area contributed by atoms with Gasteiger partial charge in [-0.3, -0.25) is 0 Å². The normalized spacial score (nSPS) is 28.7. The van der Waals surface area contributed by atoms with Gasteiger partial charge in [0.1, 0.15) is 5.75 Å². The van der Waals surface area contributed by atoms with Crippen LogP contribution < -0.4 is 15.5 Å². The lowest BCUT2D eigenvalue weighted by Crippen LogP contribution is -2.61. The molecule has 0 aromatic heterocycles. The van der Waals surface area contributed by atoms with E-state index in [4.69, 9.17) is 4.74 Å². The maximum Gasteiger partial charge on any atom is 0.335 e. The van der Waals surface area contributed by atoms with E-state index < -0.39 is 0 Å². The number of hydrogen-bond donors (Lipinski definition) is 2. The lowest BCUT2D eigenvalue weighted by molar-refractivity contribution is -0.0135. The first-order chi connectivity index (χ1) is 15.1. The van der Waals surface area contributed by atoms with E-state index in [0.29, 0.717) is 0 Å². The molecule has 0 spiro atoms. The Morgan fingerprint density at radius 3 is 2.26 bits per heavy atom. The molecule has 1 aromatic carbocycles. The molecule has 0 radical (unpaired) electrons. The zero-order chi connectivity index (χ0) is 21.5. The summed E-state index contributed by atoms with van der Waals surface area (Å²) in [6, 6.07) is 7.71. The third-order valence-electron chi connectivity index (χ3n) is 7.44. The van der Waals surface area contributed by atoms with Gasteiger partial charge in [0.15, 0.2) is 0 Å². The van der Waals surface area contributed by atoms with Gasteiger partial charge in [-0.15, -0.1) is 0 Å². The quantitative estimate of drug-likeness (QED) is 0.258. The summed E-state index contributed by atoms with van der Waals surface area (Å²) in [6.07, 6.45) is 16.9. The Balaban J connectivity index is 1.15. The number of hydrogen-bond acceptors (Lipinski definition) is 3. The molecule has 1 aromatic rings. The molecule has 4 saturated carbocycles. The Morgan fingerprint density at radius 2 is 1.61 bits per heavy atom. The second-order valence-electron chi connectivity index (χ2n) is 10.2. The molecule has 5 heteroatoms. The van der Waals surface area contributed by atoms with Gasteiger partial charge in [-0.05, 0) is 92.5 Å². The fourth-order valence-electron chi connectivity index (χ4n) is 6.42. The standard InChI is InChI=1S/C26H39N3O2/c1-2-3-4-5-6-7-12-31-24-10-8-20(9-11-24)19-27-29-25(30)28-26-16-21-13-22(17-26)15-23(14-21)18-26/h8-11,19,21-23H,2-7,12-18H2,1H3,(H2,28,29,30). The number of carbonyl (C=O) groups is 1. The van der Waals surface area contributed by atoms with E-state index in [0.717, 1.165) is 61.4 Å². The second kappa shape index (κ2) is 10.5. The summed E-state index contributed by atoms with van der Waals surface area (Å²) < 4.78 is 5.82. The summed E-state index contributed by atoms with van der Waals surface area (Å²) in [5, 5.41) is 7.43. The Morgan fingerprint density at radius 1 is 1.00 bits per heavy atom. The molecule has 0 aliphatic heterocycles. The van der Waals surface area contributed by atoms with Gasteiger partial charge in [-0.2, -0.15) is 5.10 Å². The van der Waals surface area contributed by atoms with Crippen molar-refractivity contribution >= 4 is 12.2 Å². The van der Waals surface area contributed by atoms with Gasteiger partial charge in [-0.25, -0.2) is 10.2 Å². The van der Waals surface area contributed by atoms with Gasteiger partial charge in [0.25, 0.3) is 0 Å². The molecule has 4 aliphatic carbocycles. The number of nitrogens with one attached hydrogen (secondary N) is 2. The van der Waals surface area contributed by atoms with E-state index in [1.54, 1.807) is 6.21 Å². The Hall–Kier alpha value is -2.04. The zero-order valence-corrected chi connectivity index (χ0v) is 19.1. The SMILES string of the molecule is CCCCCCCCOc1ccc(C=NNC(=O)NC23CC4CC(CC(C4)C2)C3)cc1. The Labute approximate surface area is 187 Å². The summed E-state index contributed by atoms with van der Waals surface area (Å²) in [7, 11) is 0. The van der Waals surface area contributed by atoms with Crippen molar-refractivity contribution in [3.8, 4) is 5.75 Å². The third kappa shape index (κ3) is 6.24. The molecule has 0 heterocycles. The van der Waals surface area contributed by atoms with E-state index in [1.807, 2.05) is 24.3 Å². The van der Waals surface area contributed by atoms with Crippen LogP contribution in [0.5, 0.6) is 5.75 Å². The highest BCUT2D eigenvalue weighted by Crippen LogP contribution is 2.55. The van der Waals surface area contributed by atoms with Crippen LogP contribution in [-0.2, 0) is 0 Å². The van der Waals surface area contributed by atoms with Crippen LogP contribution in [0.2, 0.25) is 0 Å². The van der Waals surface area contributed by atoms with Crippen molar-refractivity contribution in [2.75, 3.05) is 6.61 Å². The number of nitrogens with zero attached hydrogens (tertiary/aromatic N) is 1. The number of benzene rings is 1. The molecular weight excluding hydrogens is 386 g/mol. The fourth-order valence-corrected chi connectivity index (χ4v) is 6.42. The topological polar surface area (TPSA) is 62.7 Å². The van der Waals surface area contributed by atoms with Crippen LogP contribution in [0.3, 0.4) is 0 Å². The molecule has 31 heavy (non-hydrogen) atoms. The molecule has 4 bridgehead atoms. The van der Waals surface area contributed by atoms with Gasteiger partial charge in [0.05, 0.1) is 12.8 Å². The summed E-state index contributed by atoms with van der Waals surface area (Å²) in [5.41, 5.74) is 3.64. The largest absolute Gasteiger partial charge is 0.494 e. The first kappa shape index (κ1) is 22.2. The van der Waals surface area contributed by atoms with Crippen molar-refractivity contribution in [1.82, 2.24) is 10.7 Å². The van der Waals surface area contributed by atoms with Crippen LogP contribution in [0.25, 0.3) is 0 Å². The van der Waals surface area contributed by atoms with Gasteiger partial charge < -0.3 is 10.1 Å². The average molecular weight is 426 g/mol. The van der Waals surface area contributed by atoms with Crippen LogP contribution in [-0.4, -0.2) is 24.4 Å². The molecule has 2 N–H and O–H groups in total. The number of amides is 2. The first-order valence-corrected chi connectivity index (χ1v) is 12.5. The molecule has 5 nitrogen and oxygen atoms in total. The average Bonchev–Trinajstić information content (AvgIpc) is 2.73. The highest BCUT2D eigenvalue weighted by atomic mass is 16.5. The van der Waals surface area contributed by atoms with E-state index in [2.05, 4.69) is 22.8 Å². The minimum absolute atomic E-state index is 0.0172. The van der Waals surface area contributed by atoms with Crippen molar-refractivity contribution in [3.05, 3.63) is 29.8 Å². The molecule has 0 saturated heterocycles. The van der Waals surface area contributed by atoms with Crippen molar-refractivity contribution in [2.24, 2.45) is 22.9 Å². The van der Waals surface area contributed by atoms with Crippen LogP contribution in [0.4, 0.5) is 4.79 Å². The van der Waals surface area contributed by atoms with Gasteiger partial charge in [0, 0.05) is 5.54 Å². The maximum atomic E-state index is 12.4. The fraction of sp³-hybridized carbons (Fsp3) is 0.692. The summed E-state index contributed by atoms with van der Waals surface area (Å²) in [5.74, 6) is 3.34. The number of carbonyl (C=O) groups excluding carboxylic acids is 1. The van der Waals surface area contributed by atoms with Crippen molar-refractivity contribution < 1.29 is 9.53 Å². The smallest absolute Gasteiger partial charge is 0.335 e. The Kier molecular flexibility index (Phi) is 7.52. The zero-order valence-electron chi connectivity index (χ0n) is 19.1. The van der Waals surface area contributed by atoms with Gasteiger partial charge in [-0.1, -0.05) is 39.0 Å². The molecule has 2 amide bonds. The molecular formula is C26H39N3O2. The van der Waals surface area contributed by atoms with Crippen molar-refractivity contribution in [3.63, 3.8) is 0 Å². The van der Waals surface area contributed by atoms with Gasteiger partial charge in [0.2, 0.25) is 0 Å². The minimum Gasteiger partial charge on any atom is -0.494 e. The van der Waals surface area contributed by atoms with E-state index in [-0.39, 0.29) is 11.6 Å². The molecule has 0 unspecified atom stereocenters. The van der Waals surface area contributed by atoms with Crippen LogP contribution in [0.15, 0.2) is 29.4 Å². The van der Waals surface area contributed by atoms with Gasteiger partial charge >= 0.3 is 6.03 Å². The number of ether oxygens (including phenoxy) is 1. The number of urea groups is 1. The summed E-state index contributed by atoms with van der Waals surface area (Å²) in [4.78, 5) is 12.4. The predicted molar refractivity (Wildman–Crippen MR) is 125 cm³/mol. The monoisotopic (exact) mass is 425 g/mol. The lowest BCUT2D eigenvalue weighted by Gasteiger charge is -2.56. The maximum absolute atomic E-state index is 12.4. The summed E-state index contributed by atoms with van der Waals surface area (Å²) >= 11 is 0. The Bertz CT molecular complexity index is 708. The van der Waals surface area contributed by atoms with Crippen LogP contribution >= 0.6 is 0 Å². The minimum atomic E-state index is -0.169. The first-order valence-electron chi connectivity index (χ1n) is 12.5. The summed E-state index contributed by atoms with van der Waals surface area (Å²) in [6.45, 7) is 3.01. The van der Waals surface area contributed by atoms with Crippen molar-refractivity contribution in [2.45, 2.75) is 89.5 Å². The molecule has 170 valence electrons. The number of rotatable bonds is 11. The predicted octanol–water partition coefficient (Wildman–Crippen LogP) is 6.03. The molecule has 5 rings (SSSR count). The second-order valence-corrected chi connectivity index (χ2v) is 10.2.